The van der Waals surface area contributed by atoms with Gasteiger partial charge in [0.15, 0.2) is 5.76 Å². The first kappa shape index (κ1) is 12.3. The molecule has 1 heterocycles. The van der Waals surface area contributed by atoms with Crippen molar-refractivity contribution >= 4 is 0 Å². The molecule has 0 amide bonds. The summed E-state index contributed by atoms with van der Waals surface area (Å²) in [6, 6.07) is 9.10. The summed E-state index contributed by atoms with van der Waals surface area (Å²) in [5.41, 5.74) is 0. The van der Waals surface area contributed by atoms with Crippen molar-refractivity contribution in [2.75, 3.05) is 13.7 Å². The molecular formula is C13H15NO4. The van der Waals surface area contributed by atoms with E-state index in [1.165, 1.54) is 7.11 Å². The van der Waals surface area contributed by atoms with Crippen molar-refractivity contribution in [3.8, 4) is 17.4 Å². The van der Waals surface area contributed by atoms with Crippen molar-refractivity contribution in [1.29, 1.82) is 0 Å². The summed E-state index contributed by atoms with van der Waals surface area (Å²) in [6.07, 6.45) is 0. The van der Waals surface area contributed by atoms with Crippen LogP contribution in [0.25, 0.3) is 0 Å². The van der Waals surface area contributed by atoms with Gasteiger partial charge in [0, 0.05) is 6.07 Å². The molecule has 0 fully saturated rings. The molecule has 5 nitrogen and oxygen atoms in total. The quantitative estimate of drug-likeness (QED) is 0.787. The highest BCUT2D eigenvalue weighted by molar-refractivity contribution is 5.31. The Morgan fingerprint density at radius 1 is 1.11 bits per heavy atom. The molecule has 0 N–H and O–H groups in total. The van der Waals surface area contributed by atoms with E-state index in [2.05, 4.69) is 5.16 Å². The SMILES string of the molecule is CCOc1ccc(OCc2cc(OC)no2)cc1. The fourth-order valence-electron chi connectivity index (χ4n) is 1.41. The van der Waals surface area contributed by atoms with Crippen molar-refractivity contribution in [2.24, 2.45) is 0 Å². The standard InChI is InChI=1S/C13H15NO4/c1-3-16-10-4-6-11(7-5-10)17-9-12-8-13(15-2)14-18-12/h4-8H,3,9H2,1-2H3. The molecule has 0 bridgehead atoms. The molecule has 0 saturated carbocycles. The van der Waals surface area contributed by atoms with E-state index in [0.29, 0.717) is 24.9 Å². The molecule has 0 aliphatic rings. The Kier molecular flexibility index (Phi) is 4.06. The van der Waals surface area contributed by atoms with E-state index in [4.69, 9.17) is 18.7 Å². The third kappa shape index (κ3) is 3.16. The topological polar surface area (TPSA) is 53.7 Å². The van der Waals surface area contributed by atoms with E-state index in [1.807, 2.05) is 31.2 Å². The smallest absolute Gasteiger partial charge is 0.254 e. The van der Waals surface area contributed by atoms with Crippen LogP contribution < -0.4 is 14.2 Å². The third-order valence-electron chi connectivity index (χ3n) is 2.26. The normalized spacial score (nSPS) is 10.1. The van der Waals surface area contributed by atoms with Crippen LogP contribution in [0.3, 0.4) is 0 Å². The first-order valence-corrected chi connectivity index (χ1v) is 5.67. The average molecular weight is 249 g/mol. The number of nitrogens with zero attached hydrogens (tertiary/aromatic N) is 1. The number of aromatic nitrogens is 1. The zero-order valence-electron chi connectivity index (χ0n) is 10.4. The minimum absolute atomic E-state index is 0.310. The lowest BCUT2D eigenvalue weighted by Gasteiger charge is -2.05. The molecule has 0 spiro atoms. The molecule has 0 radical (unpaired) electrons. The van der Waals surface area contributed by atoms with Crippen LogP contribution in [0, 0.1) is 0 Å². The molecule has 1 aromatic heterocycles. The second-order valence-corrected chi connectivity index (χ2v) is 3.53. The largest absolute Gasteiger partial charge is 0.494 e. The first-order chi connectivity index (χ1) is 8.81. The number of benzene rings is 1. The Morgan fingerprint density at radius 3 is 2.33 bits per heavy atom. The second kappa shape index (κ2) is 5.95. The Morgan fingerprint density at radius 2 is 1.78 bits per heavy atom. The van der Waals surface area contributed by atoms with Gasteiger partial charge in [-0.05, 0) is 36.3 Å². The summed E-state index contributed by atoms with van der Waals surface area (Å²) in [6.45, 7) is 2.91. The molecule has 96 valence electrons. The summed E-state index contributed by atoms with van der Waals surface area (Å²) in [4.78, 5) is 0. The van der Waals surface area contributed by atoms with Crippen LogP contribution in [0.2, 0.25) is 0 Å². The van der Waals surface area contributed by atoms with Gasteiger partial charge < -0.3 is 18.7 Å². The maximum atomic E-state index is 5.54. The van der Waals surface area contributed by atoms with E-state index >= 15 is 0 Å². The number of hydrogen-bond donors (Lipinski definition) is 0. The van der Waals surface area contributed by atoms with Crippen LogP contribution in [0.15, 0.2) is 34.9 Å². The van der Waals surface area contributed by atoms with Gasteiger partial charge >= 0.3 is 0 Å². The van der Waals surface area contributed by atoms with E-state index < -0.39 is 0 Å². The predicted molar refractivity (Wildman–Crippen MR) is 65.0 cm³/mol. The zero-order chi connectivity index (χ0) is 12.8. The van der Waals surface area contributed by atoms with Crippen LogP contribution in [0.5, 0.6) is 17.4 Å². The number of hydrogen-bond acceptors (Lipinski definition) is 5. The monoisotopic (exact) mass is 249 g/mol. The summed E-state index contributed by atoms with van der Waals surface area (Å²) in [5.74, 6) is 2.63. The van der Waals surface area contributed by atoms with Crippen LogP contribution in [-0.4, -0.2) is 18.9 Å². The molecule has 2 aromatic rings. The van der Waals surface area contributed by atoms with Gasteiger partial charge in [-0.2, -0.15) is 0 Å². The Balaban J connectivity index is 1.89. The third-order valence-corrected chi connectivity index (χ3v) is 2.26. The summed E-state index contributed by atoms with van der Waals surface area (Å²) in [7, 11) is 1.54. The number of methoxy groups -OCH3 is 1. The molecule has 5 heteroatoms. The van der Waals surface area contributed by atoms with Crippen molar-refractivity contribution in [2.45, 2.75) is 13.5 Å². The molecule has 0 aliphatic heterocycles. The van der Waals surface area contributed by atoms with Crippen molar-refractivity contribution < 1.29 is 18.7 Å². The van der Waals surface area contributed by atoms with Crippen LogP contribution in [0.4, 0.5) is 0 Å². The highest BCUT2D eigenvalue weighted by Gasteiger charge is 2.04. The molecular weight excluding hydrogens is 234 g/mol. The van der Waals surface area contributed by atoms with Gasteiger partial charge in [-0.15, -0.1) is 0 Å². The van der Waals surface area contributed by atoms with E-state index in [0.717, 1.165) is 11.5 Å². The van der Waals surface area contributed by atoms with Gasteiger partial charge in [0.1, 0.15) is 18.1 Å². The lowest BCUT2D eigenvalue weighted by molar-refractivity contribution is 0.244. The number of ether oxygens (including phenoxy) is 3. The minimum atomic E-state index is 0.310. The van der Waals surface area contributed by atoms with Gasteiger partial charge in [-0.25, -0.2) is 0 Å². The van der Waals surface area contributed by atoms with Gasteiger partial charge in [-0.1, -0.05) is 0 Å². The highest BCUT2D eigenvalue weighted by Crippen LogP contribution is 2.19. The molecule has 18 heavy (non-hydrogen) atoms. The van der Waals surface area contributed by atoms with Gasteiger partial charge in [0.05, 0.1) is 13.7 Å². The van der Waals surface area contributed by atoms with Crippen molar-refractivity contribution in [3.05, 3.63) is 36.1 Å². The highest BCUT2D eigenvalue weighted by atomic mass is 16.5. The van der Waals surface area contributed by atoms with E-state index in [1.54, 1.807) is 6.07 Å². The fourth-order valence-corrected chi connectivity index (χ4v) is 1.41. The molecule has 0 atom stereocenters. The maximum absolute atomic E-state index is 5.54. The Labute approximate surface area is 105 Å². The van der Waals surface area contributed by atoms with Crippen LogP contribution >= 0.6 is 0 Å². The Bertz CT molecular complexity index is 478. The zero-order valence-corrected chi connectivity index (χ0v) is 10.4. The minimum Gasteiger partial charge on any atom is -0.494 e. The van der Waals surface area contributed by atoms with Gasteiger partial charge in [0.25, 0.3) is 5.88 Å². The van der Waals surface area contributed by atoms with Crippen molar-refractivity contribution in [3.63, 3.8) is 0 Å². The molecule has 0 unspecified atom stereocenters. The Hall–Kier alpha value is -2.17. The van der Waals surface area contributed by atoms with Crippen LogP contribution in [0.1, 0.15) is 12.7 Å². The van der Waals surface area contributed by atoms with Crippen molar-refractivity contribution in [1.82, 2.24) is 5.16 Å². The molecule has 2 rings (SSSR count). The molecule has 1 aromatic carbocycles. The summed E-state index contributed by atoms with van der Waals surface area (Å²) < 4.78 is 20.8. The molecule has 0 aliphatic carbocycles. The fraction of sp³-hybridized carbons (Fsp3) is 0.308. The van der Waals surface area contributed by atoms with Gasteiger partial charge in [-0.3, -0.25) is 0 Å². The predicted octanol–water partition coefficient (Wildman–Crippen LogP) is 2.66. The molecule has 0 saturated heterocycles. The van der Waals surface area contributed by atoms with Gasteiger partial charge in [0.2, 0.25) is 0 Å². The summed E-state index contributed by atoms with van der Waals surface area (Å²) >= 11 is 0. The second-order valence-electron chi connectivity index (χ2n) is 3.53. The lowest BCUT2D eigenvalue weighted by Crippen LogP contribution is -1.94. The maximum Gasteiger partial charge on any atom is 0.254 e. The summed E-state index contributed by atoms with van der Waals surface area (Å²) in [5, 5.41) is 3.69. The number of rotatable bonds is 6. The first-order valence-electron chi connectivity index (χ1n) is 5.67. The van der Waals surface area contributed by atoms with Crippen LogP contribution in [-0.2, 0) is 6.61 Å². The van der Waals surface area contributed by atoms with E-state index in [9.17, 15) is 0 Å². The average Bonchev–Trinajstić information content (AvgIpc) is 2.86. The van der Waals surface area contributed by atoms with E-state index in [-0.39, 0.29) is 0 Å². The lowest BCUT2D eigenvalue weighted by atomic mass is 10.3.